The first-order valence-electron chi connectivity index (χ1n) is 12.9. The molecular formula is C26H37F3O8. The van der Waals surface area contributed by atoms with Crippen molar-refractivity contribution in [2.45, 2.75) is 89.8 Å². The van der Waals surface area contributed by atoms with E-state index in [2.05, 4.69) is 6.58 Å². The van der Waals surface area contributed by atoms with Gasteiger partial charge < -0.3 is 28.4 Å². The van der Waals surface area contributed by atoms with E-state index in [4.69, 9.17) is 28.4 Å². The van der Waals surface area contributed by atoms with Crippen LogP contribution in [0.4, 0.5) is 13.2 Å². The molecule has 37 heavy (non-hydrogen) atoms. The lowest BCUT2D eigenvalue weighted by molar-refractivity contribution is -0.483. The minimum absolute atomic E-state index is 0.0775. The molecule has 8 nitrogen and oxygen atoms in total. The van der Waals surface area contributed by atoms with Crippen LogP contribution in [0.2, 0.25) is 0 Å². The summed E-state index contributed by atoms with van der Waals surface area (Å²) in [5, 5.41) is 0. The molecule has 5 rings (SSSR count). The zero-order valence-corrected chi connectivity index (χ0v) is 21.7. The van der Waals surface area contributed by atoms with Gasteiger partial charge in [0.2, 0.25) is 5.79 Å². The molecule has 4 saturated carbocycles. The summed E-state index contributed by atoms with van der Waals surface area (Å²) in [5.74, 6) is -4.15. The van der Waals surface area contributed by atoms with Crippen LogP contribution in [0.25, 0.3) is 0 Å². The van der Waals surface area contributed by atoms with Crippen LogP contribution in [0.15, 0.2) is 12.2 Å². The normalized spacial score (nSPS) is 37.7. The van der Waals surface area contributed by atoms with E-state index < -0.39 is 48.5 Å². The molecular weight excluding hydrogens is 497 g/mol. The van der Waals surface area contributed by atoms with Gasteiger partial charge in [-0.3, -0.25) is 4.79 Å². The van der Waals surface area contributed by atoms with E-state index in [0.29, 0.717) is 17.8 Å². The molecule has 0 N–H and O–H groups in total. The number of rotatable bonds is 10. The number of halogens is 3. The van der Waals surface area contributed by atoms with E-state index in [1.807, 2.05) is 0 Å². The molecule has 1 heterocycles. The molecule has 3 atom stereocenters. The third-order valence-electron chi connectivity index (χ3n) is 7.96. The van der Waals surface area contributed by atoms with Gasteiger partial charge in [0.25, 0.3) is 5.79 Å². The van der Waals surface area contributed by atoms with Crippen LogP contribution in [0.5, 0.6) is 0 Å². The molecule has 5 aliphatic rings. The maximum atomic E-state index is 14.1. The van der Waals surface area contributed by atoms with Gasteiger partial charge in [-0.15, -0.1) is 0 Å². The zero-order chi connectivity index (χ0) is 27.1. The predicted molar refractivity (Wildman–Crippen MR) is 123 cm³/mol. The summed E-state index contributed by atoms with van der Waals surface area (Å²) in [6.07, 6.45) is -0.700. The SMILES string of the molecule is C=C(C)C(=O)OCC1(C)OCCC(OC(C)OCCOC(=O)C23CC4CC(CC(C4)C2)C3)(C(F)(F)F)O1. The van der Waals surface area contributed by atoms with E-state index in [-0.39, 0.29) is 31.4 Å². The van der Waals surface area contributed by atoms with Crippen LogP contribution in [-0.4, -0.2) is 62.4 Å². The van der Waals surface area contributed by atoms with Crippen LogP contribution >= 0.6 is 0 Å². The average molecular weight is 535 g/mol. The zero-order valence-electron chi connectivity index (χ0n) is 21.7. The van der Waals surface area contributed by atoms with Gasteiger partial charge in [-0.05, 0) is 77.0 Å². The van der Waals surface area contributed by atoms with E-state index >= 15 is 0 Å². The molecule has 0 aromatic rings. The number of carbonyl (C=O) groups excluding carboxylic acids is 2. The highest BCUT2D eigenvalue weighted by Gasteiger charge is 2.63. The van der Waals surface area contributed by atoms with Crippen molar-refractivity contribution < 1.29 is 51.2 Å². The van der Waals surface area contributed by atoms with Crippen LogP contribution in [0.3, 0.4) is 0 Å². The van der Waals surface area contributed by atoms with Gasteiger partial charge in [-0.2, -0.15) is 13.2 Å². The summed E-state index contributed by atoms with van der Waals surface area (Å²) in [4.78, 5) is 24.6. The Hall–Kier alpha value is -1.69. The van der Waals surface area contributed by atoms with Crippen molar-refractivity contribution >= 4 is 11.9 Å². The first-order chi connectivity index (χ1) is 17.2. The minimum Gasteiger partial charge on any atom is -0.463 e. The number of ether oxygens (including phenoxy) is 6. The first-order valence-corrected chi connectivity index (χ1v) is 12.9. The third-order valence-corrected chi connectivity index (χ3v) is 7.96. The van der Waals surface area contributed by atoms with Crippen molar-refractivity contribution in [2.24, 2.45) is 23.2 Å². The third kappa shape index (κ3) is 6.15. The van der Waals surface area contributed by atoms with Gasteiger partial charge in [0.05, 0.1) is 18.6 Å². The van der Waals surface area contributed by atoms with Crippen molar-refractivity contribution in [3.8, 4) is 0 Å². The molecule has 4 bridgehead atoms. The van der Waals surface area contributed by atoms with Crippen LogP contribution in [0.1, 0.15) is 65.7 Å². The molecule has 0 spiro atoms. The Morgan fingerprint density at radius 3 is 2.19 bits per heavy atom. The van der Waals surface area contributed by atoms with Crippen LogP contribution in [-0.2, 0) is 38.0 Å². The van der Waals surface area contributed by atoms with Gasteiger partial charge >= 0.3 is 18.1 Å². The Labute approximate surface area is 215 Å². The number of carbonyl (C=O) groups is 2. The fourth-order valence-corrected chi connectivity index (χ4v) is 6.74. The summed E-state index contributed by atoms with van der Waals surface area (Å²) in [6, 6.07) is 0. The van der Waals surface area contributed by atoms with Crippen molar-refractivity contribution in [3.63, 3.8) is 0 Å². The Bertz CT molecular complexity index is 854. The summed E-state index contributed by atoms with van der Waals surface area (Å²) < 4.78 is 74.1. The Kier molecular flexibility index (Phi) is 8.01. The van der Waals surface area contributed by atoms with Crippen molar-refractivity contribution in [1.82, 2.24) is 0 Å². The Balaban J connectivity index is 1.28. The molecule has 5 fully saturated rings. The molecule has 0 aromatic carbocycles. The fraction of sp³-hybridized carbons (Fsp3) is 0.846. The smallest absolute Gasteiger partial charge is 0.443 e. The predicted octanol–water partition coefficient (Wildman–Crippen LogP) is 4.66. The molecule has 0 aromatic heterocycles. The van der Waals surface area contributed by atoms with Crippen molar-refractivity contribution in [3.05, 3.63) is 12.2 Å². The van der Waals surface area contributed by atoms with Gasteiger partial charge in [0, 0.05) is 12.0 Å². The standard InChI is InChI=1S/C26H37F3O8/c1-16(2)21(30)34-15-23(4)35-6-5-25(37-23,26(27,28)29)36-17(3)32-7-8-33-22(31)24-12-18-9-19(13-24)11-20(10-18)14-24/h17-20H,1,5-15H2,2-4H3. The highest BCUT2D eigenvalue weighted by atomic mass is 19.4. The molecule has 1 aliphatic heterocycles. The maximum Gasteiger partial charge on any atom is 0.443 e. The Morgan fingerprint density at radius 1 is 1.05 bits per heavy atom. The maximum absolute atomic E-state index is 14.1. The summed E-state index contributed by atoms with van der Waals surface area (Å²) in [6.45, 7) is 6.25. The van der Waals surface area contributed by atoms with Gasteiger partial charge in [0.15, 0.2) is 6.29 Å². The molecule has 3 unspecified atom stereocenters. The topological polar surface area (TPSA) is 89.5 Å². The second-order valence-electron chi connectivity index (χ2n) is 11.3. The monoisotopic (exact) mass is 534 g/mol. The highest BCUT2D eigenvalue weighted by Crippen LogP contribution is 2.60. The van der Waals surface area contributed by atoms with Gasteiger partial charge in [-0.1, -0.05) is 6.58 Å². The van der Waals surface area contributed by atoms with E-state index in [0.717, 1.165) is 19.3 Å². The lowest BCUT2D eigenvalue weighted by Crippen LogP contribution is -2.62. The molecule has 4 aliphatic carbocycles. The average Bonchev–Trinajstić information content (AvgIpc) is 2.78. The van der Waals surface area contributed by atoms with E-state index in [1.54, 1.807) is 0 Å². The molecule has 0 radical (unpaired) electrons. The highest BCUT2D eigenvalue weighted by molar-refractivity contribution is 5.86. The quantitative estimate of drug-likeness (QED) is 0.173. The summed E-state index contributed by atoms with van der Waals surface area (Å²) >= 11 is 0. The lowest BCUT2D eigenvalue weighted by Gasteiger charge is -2.55. The minimum atomic E-state index is -4.93. The number of esters is 2. The van der Waals surface area contributed by atoms with Crippen LogP contribution in [0, 0.1) is 23.2 Å². The van der Waals surface area contributed by atoms with Crippen molar-refractivity contribution in [2.75, 3.05) is 26.4 Å². The summed E-state index contributed by atoms with van der Waals surface area (Å²) in [7, 11) is 0. The molecule has 1 saturated heterocycles. The fourth-order valence-electron chi connectivity index (χ4n) is 6.74. The second-order valence-corrected chi connectivity index (χ2v) is 11.3. The van der Waals surface area contributed by atoms with Crippen molar-refractivity contribution in [1.29, 1.82) is 0 Å². The first kappa shape index (κ1) is 28.3. The molecule has 210 valence electrons. The largest absolute Gasteiger partial charge is 0.463 e. The van der Waals surface area contributed by atoms with Crippen LogP contribution < -0.4 is 0 Å². The van der Waals surface area contributed by atoms with E-state index in [9.17, 15) is 22.8 Å². The number of alkyl halides is 3. The lowest BCUT2D eigenvalue weighted by atomic mass is 9.49. The molecule has 0 amide bonds. The van der Waals surface area contributed by atoms with Gasteiger partial charge in [-0.25, -0.2) is 4.79 Å². The number of hydrogen-bond donors (Lipinski definition) is 0. The number of hydrogen-bond acceptors (Lipinski definition) is 8. The Morgan fingerprint density at radius 2 is 1.65 bits per heavy atom. The summed E-state index contributed by atoms with van der Waals surface area (Å²) in [5.41, 5.74) is -0.325. The van der Waals surface area contributed by atoms with E-state index in [1.165, 1.54) is 40.0 Å². The second kappa shape index (κ2) is 10.5. The van der Waals surface area contributed by atoms with Gasteiger partial charge in [0.1, 0.15) is 13.2 Å². The molecule has 11 heteroatoms.